The van der Waals surface area contributed by atoms with E-state index in [0.717, 1.165) is 29.9 Å². The minimum absolute atomic E-state index is 0.119. The fourth-order valence-corrected chi connectivity index (χ4v) is 4.09. The third-order valence-electron chi connectivity index (χ3n) is 4.90. The monoisotopic (exact) mass is 461 g/mol. The highest BCUT2D eigenvalue weighted by molar-refractivity contribution is 8.18. The largest absolute Gasteiger partial charge is 0.439 e. The lowest BCUT2D eigenvalue weighted by atomic mass is 10.1. The van der Waals surface area contributed by atoms with Crippen LogP contribution >= 0.6 is 11.8 Å². The van der Waals surface area contributed by atoms with Crippen LogP contribution in [0.25, 0.3) is 6.08 Å². The molecule has 9 heteroatoms. The molecule has 3 aromatic rings. The Kier molecular flexibility index (Phi) is 6.80. The van der Waals surface area contributed by atoms with Gasteiger partial charge in [0.05, 0.1) is 9.83 Å². The van der Waals surface area contributed by atoms with Crippen molar-refractivity contribution in [3.05, 3.63) is 99.1 Å². The minimum atomic E-state index is -0.531. The Morgan fingerprint density at radius 3 is 2.45 bits per heavy atom. The smallest absolute Gasteiger partial charge is 0.293 e. The van der Waals surface area contributed by atoms with Crippen molar-refractivity contribution < 1.29 is 19.2 Å². The molecule has 1 aliphatic rings. The summed E-state index contributed by atoms with van der Waals surface area (Å²) in [7, 11) is 0. The Morgan fingerprint density at radius 2 is 1.79 bits per heavy atom. The summed E-state index contributed by atoms with van der Waals surface area (Å²) in [5.41, 5.74) is 1.80. The number of hydrogen-bond acceptors (Lipinski definition) is 7. The van der Waals surface area contributed by atoms with E-state index in [2.05, 4.69) is 4.98 Å². The van der Waals surface area contributed by atoms with Crippen molar-refractivity contribution in [3.8, 4) is 11.6 Å². The van der Waals surface area contributed by atoms with E-state index in [0.29, 0.717) is 23.6 Å². The Bertz CT molecular complexity index is 1200. The van der Waals surface area contributed by atoms with Gasteiger partial charge in [0.25, 0.3) is 16.8 Å². The maximum Gasteiger partial charge on any atom is 0.293 e. The Balaban J connectivity index is 1.35. The van der Waals surface area contributed by atoms with Crippen LogP contribution in [0.5, 0.6) is 11.6 Å². The number of benzene rings is 2. The summed E-state index contributed by atoms with van der Waals surface area (Å²) in [5, 5.41) is 10.4. The number of pyridine rings is 1. The lowest BCUT2D eigenvalue weighted by molar-refractivity contribution is -0.385. The van der Waals surface area contributed by atoms with Crippen LogP contribution in [0.1, 0.15) is 17.5 Å². The van der Waals surface area contributed by atoms with Crippen molar-refractivity contribution >= 4 is 34.7 Å². The van der Waals surface area contributed by atoms with Crippen LogP contribution < -0.4 is 4.74 Å². The normalized spacial score (nSPS) is 14.7. The van der Waals surface area contributed by atoms with Crippen molar-refractivity contribution in [1.82, 2.24) is 9.88 Å². The van der Waals surface area contributed by atoms with Crippen molar-refractivity contribution in [2.45, 2.75) is 12.8 Å². The molecule has 1 saturated heterocycles. The molecule has 33 heavy (non-hydrogen) atoms. The zero-order valence-electron chi connectivity index (χ0n) is 17.4. The first kappa shape index (κ1) is 22.2. The number of carbonyl (C=O) groups excluding carboxylic acids is 2. The first-order chi connectivity index (χ1) is 16.0. The molecule has 4 rings (SSSR count). The highest BCUT2D eigenvalue weighted by atomic mass is 32.2. The van der Waals surface area contributed by atoms with Gasteiger partial charge in [0.1, 0.15) is 11.9 Å². The maximum absolute atomic E-state index is 12.7. The van der Waals surface area contributed by atoms with Crippen molar-refractivity contribution in [3.63, 3.8) is 0 Å². The predicted octanol–water partition coefficient (Wildman–Crippen LogP) is 5.45. The van der Waals surface area contributed by atoms with Gasteiger partial charge in [0.15, 0.2) is 0 Å². The van der Waals surface area contributed by atoms with Gasteiger partial charge in [-0.15, -0.1) is 0 Å². The summed E-state index contributed by atoms with van der Waals surface area (Å²) in [5.74, 6) is 0.431. The number of rotatable bonds is 8. The van der Waals surface area contributed by atoms with Gasteiger partial charge in [-0.3, -0.25) is 24.6 Å². The molecule has 0 atom stereocenters. The Morgan fingerprint density at radius 1 is 1.03 bits per heavy atom. The summed E-state index contributed by atoms with van der Waals surface area (Å²) in [4.78, 5) is 40.7. The quantitative estimate of drug-likeness (QED) is 0.250. The van der Waals surface area contributed by atoms with Gasteiger partial charge in [0.2, 0.25) is 5.88 Å². The fourth-order valence-electron chi connectivity index (χ4n) is 3.22. The third-order valence-corrected chi connectivity index (χ3v) is 5.80. The number of aromatic nitrogens is 1. The fraction of sp³-hybridized carbons (Fsp3) is 0.125. The lowest BCUT2D eigenvalue weighted by Crippen LogP contribution is -2.29. The number of amides is 2. The average molecular weight is 461 g/mol. The second kappa shape index (κ2) is 10.1. The van der Waals surface area contributed by atoms with Gasteiger partial charge in [-0.25, -0.2) is 4.98 Å². The first-order valence-electron chi connectivity index (χ1n) is 10.2. The molecule has 0 unspecified atom stereocenters. The Hall–Kier alpha value is -3.98. The van der Waals surface area contributed by atoms with Gasteiger partial charge in [-0.05, 0) is 53.9 Å². The van der Waals surface area contributed by atoms with Gasteiger partial charge in [-0.1, -0.05) is 42.5 Å². The number of imide groups is 1. The topological polar surface area (TPSA) is 103 Å². The molecule has 0 spiro atoms. The molecule has 0 saturated carbocycles. The molecule has 2 amide bonds. The van der Waals surface area contributed by atoms with Crippen molar-refractivity contribution in [2.24, 2.45) is 0 Å². The molecule has 166 valence electrons. The van der Waals surface area contributed by atoms with Crippen molar-refractivity contribution in [1.29, 1.82) is 0 Å². The van der Waals surface area contributed by atoms with E-state index in [1.165, 1.54) is 22.6 Å². The van der Waals surface area contributed by atoms with Crippen LogP contribution in [0.4, 0.5) is 10.5 Å². The van der Waals surface area contributed by atoms with E-state index in [1.807, 2.05) is 30.3 Å². The van der Waals surface area contributed by atoms with Gasteiger partial charge >= 0.3 is 0 Å². The zero-order chi connectivity index (χ0) is 23.2. The van der Waals surface area contributed by atoms with E-state index in [9.17, 15) is 19.7 Å². The second-order valence-electron chi connectivity index (χ2n) is 7.21. The lowest BCUT2D eigenvalue weighted by Gasteiger charge is -2.12. The van der Waals surface area contributed by atoms with Crippen LogP contribution in [0.15, 0.2) is 77.8 Å². The maximum atomic E-state index is 12.7. The summed E-state index contributed by atoms with van der Waals surface area (Å²) in [6, 6.07) is 19.6. The van der Waals surface area contributed by atoms with Crippen LogP contribution in [-0.2, 0) is 11.2 Å². The number of ether oxygens (including phenoxy) is 1. The molecular weight excluding hydrogens is 442 g/mol. The highest BCUT2D eigenvalue weighted by Gasteiger charge is 2.34. The standard InChI is InChI=1S/C24H19N3O5S/c28-23-21(33-24(29)26(23)14-4-7-17-5-2-1-3-6-17)15-18-8-11-20(12-9-18)32-22-13-10-19(16-25-22)27(30)31/h1-3,5-6,8-13,15-16H,4,7,14H2/b21-15+. The Labute approximate surface area is 194 Å². The van der Waals surface area contributed by atoms with Crippen LogP contribution in [0.3, 0.4) is 0 Å². The predicted molar refractivity (Wildman–Crippen MR) is 125 cm³/mol. The van der Waals surface area contributed by atoms with E-state index < -0.39 is 4.92 Å². The van der Waals surface area contributed by atoms with Gasteiger partial charge in [0, 0.05) is 18.7 Å². The van der Waals surface area contributed by atoms with Crippen LogP contribution in [-0.4, -0.2) is 32.5 Å². The molecule has 0 bridgehead atoms. The molecule has 1 aromatic heterocycles. The summed E-state index contributed by atoms with van der Waals surface area (Å²) >= 11 is 0.936. The van der Waals surface area contributed by atoms with Gasteiger partial charge in [-0.2, -0.15) is 0 Å². The molecule has 8 nitrogen and oxygen atoms in total. The second-order valence-corrected chi connectivity index (χ2v) is 8.20. The molecular formula is C24H19N3O5S. The number of aryl methyl sites for hydroxylation is 1. The van der Waals surface area contributed by atoms with Crippen LogP contribution in [0.2, 0.25) is 0 Å². The molecule has 0 N–H and O–H groups in total. The SMILES string of the molecule is O=C1S/C(=C/c2ccc(Oc3ccc([N+](=O)[O-])cn3)cc2)C(=O)N1CCCc1ccccc1. The van der Waals surface area contributed by atoms with Gasteiger partial charge < -0.3 is 4.74 Å². The molecule has 1 fully saturated rings. The summed E-state index contributed by atoms with van der Waals surface area (Å²) in [6.45, 7) is 0.381. The van der Waals surface area contributed by atoms with E-state index in [4.69, 9.17) is 4.74 Å². The average Bonchev–Trinajstić information content (AvgIpc) is 3.09. The summed E-state index contributed by atoms with van der Waals surface area (Å²) in [6.07, 6.45) is 4.31. The molecule has 2 aromatic carbocycles. The number of nitrogens with zero attached hydrogens (tertiary/aromatic N) is 3. The number of hydrogen-bond donors (Lipinski definition) is 0. The van der Waals surface area contributed by atoms with Crippen LogP contribution in [0, 0.1) is 10.1 Å². The summed E-state index contributed by atoms with van der Waals surface area (Å²) < 4.78 is 5.59. The van der Waals surface area contributed by atoms with E-state index in [-0.39, 0.29) is 22.7 Å². The number of carbonyl (C=O) groups is 2. The molecule has 2 heterocycles. The molecule has 1 aliphatic heterocycles. The minimum Gasteiger partial charge on any atom is -0.439 e. The number of thioether (sulfide) groups is 1. The first-order valence-corrected chi connectivity index (χ1v) is 11.0. The number of nitro groups is 1. The van der Waals surface area contributed by atoms with E-state index in [1.54, 1.807) is 30.3 Å². The van der Waals surface area contributed by atoms with E-state index >= 15 is 0 Å². The highest BCUT2D eigenvalue weighted by Crippen LogP contribution is 2.33. The third kappa shape index (κ3) is 5.64. The molecule has 0 aliphatic carbocycles. The zero-order valence-corrected chi connectivity index (χ0v) is 18.2. The molecule has 0 radical (unpaired) electrons. The van der Waals surface area contributed by atoms with Crippen molar-refractivity contribution in [2.75, 3.05) is 6.54 Å².